The Labute approximate surface area is 198 Å². The van der Waals surface area contributed by atoms with E-state index in [4.69, 9.17) is 9.72 Å². The summed E-state index contributed by atoms with van der Waals surface area (Å²) in [7, 11) is 1.75. The fourth-order valence-corrected chi connectivity index (χ4v) is 5.49. The topological polar surface area (TPSA) is 43.2 Å². The van der Waals surface area contributed by atoms with E-state index in [1.165, 1.54) is 23.3 Å². The third-order valence-corrected chi connectivity index (χ3v) is 7.12. The smallest absolute Gasteiger partial charge is 0.123 e. The number of hydrogen-bond acceptors (Lipinski definition) is 4. The van der Waals surface area contributed by atoms with E-state index in [1.54, 1.807) is 7.11 Å². The third kappa shape index (κ3) is 3.68. The van der Waals surface area contributed by atoms with Gasteiger partial charge in [-0.05, 0) is 60.9 Å². The van der Waals surface area contributed by atoms with Gasteiger partial charge in [0.2, 0.25) is 0 Å². The maximum atomic E-state index is 13.6. The van der Waals surface area contributed by atoms with Crippen molar-refractivity contribution in [1.82, 2.24) is 19.4 Å². The normalized spacial score (nSPS) is 17.4. The number of fused-ring (bicyclic) bond motifs is 2. The van der Waals surface area contributed by atoms with Gasteiger partial charge in [-0.1, -0.05) is 12.1 Å². The maximum Gasteiger partial charge on any atom is 0.123 e. The molecule has 4 aromatic rings. The Balaban J connectivity index is 1.36. The molecule has 5 nitrogen and oxygen atoms in total. The molecule has 0 N–H and O–H groups in total. The minimum Gasteiger partial charge on any atom is -0.496 e. The Hall–Kier alpha value is -3.51. The maximum absolute atomic E-state index is 13.6. The highest BCUT2D eigenvalue weighted by Gasteiger charge is 2.32. The lowest BCUT2D eigenvalue weighted by Crippen LogP contribution is -2.35. The summed E-state index contributed by atoms with van der Waals surface area (Å²) in [6.45, 7) is 2.90. The Kier molecular flexibility index (Phi) is 5.38. The molecule has 0 saturated heterocycles. The number of imidazole rings is 1. The van der Waals surface area contributed by atoms with Crippen molar-refractivity contribution >= 4 is 0 Å². The summed E-state index contributed by atoms with van der Waals surface area (Å²) in [5, 5.41) is 0. The summed E-state index contributed by atoms with van der Waals surface area (Å²) in [6, 6.07) is 17.4. The van der Waals surface area contributed by atoms with Gasteiger partial charge in [0, 0.05) is 61.2 Å². The molecular weight excluding hydrogens is 427 g/mol. The number of pyridine rings is 1. The first kappa shape index (κ1) is 21.1. The van der Waals surface area contributed by atoms with Gasteiger partial charge in [-0.3, -0.25) is 9.88 Å². The molecule has 2 aromatic heterocycles. The number of rotatable bonds is 5. The summed E-state index contributed by atoms with van der Waals surface area (Å²) < 4.78 is 21.7. The van der Waals surface area contributed by atoms with Gasteiger partial charge in [-0.25, -0.2) is 9.37 Å². The quantitative estimate of drug-likeness (QED) is 0.410. The lowest BCUT2D eigenvalue weighted by molar-refractivity contribution is 0.214. The van der Waals surface area contributed by atoms with Gasteiger partial charge in [0.1, 0.15) is 17.4 Å². The minimum atomic E-state index is -0.236. The van der Waals surface area contributed by atoms with Crippen LogP contribution >= 0.6 is 0 Å². The number of methoxy groups -OCH3 is 1. The van der Waals surface area contributed by atoms with Crippen molar-refractivity contribution < 1.29 is 9.13 Å². The van der Waals surface area contributed by atoms with E-state index in [0.29, 0.717) is 6.04 Å². The highest BCUT2D eigenvalue weighted by Crippen LogP contribution is 2.40. The van der Waals surface area contributed by atoms with E-state index in [0.717, 1.165) is 73.0 Å². The summed E-state index contributed by atoms with van der Waals surface area (Å²) in [5.41, 5.74) is 6.73. The molecule has 0 aliphatic carbocycles. The number of nitrogens with zero attached hydrogens (tertiary/aromatic N) is 4. The number of aryl methyl sites for hydroxylation is 1. The van der Waals surface area contributed by atoms with Crippen LogP contribution in [0.1, 0.15) is 29.4 Å². The number of aromatic nitrogens is 3. The summed E-state index contributed by atoms with van der Waals surface area (Å²) in [6.07, 6.45) is 6.69. The van der Waals surface area contributed by atoms with Gasteiger partial charge in [0.05, 0.1) is 18.5 Å². The first-order chi connectivity index (χ1) is 16.7. The minimum absolute atomic E-state index is 0.236. The van der Waals surface area contributed by atoms with Gasteiger partial charge >= 0.3 is 0 Å². The average Bonchev–Trinajstić information content (AvgIpc) is 3.44. The predicted octanol–water partition coefficient (Wildman–Crippen LogP) is 5.31. The number of hydrogen-bond donors (Lipinski definition) is 0. The summed E-state index contributed by atoms with van der Waals surface area (Å²) in [4.78, 5) is 11.8. The molecule has 1 atom stereocenters. The van der Waals surface area contributed by atoms with Crippen LogP contribution in [-0.2, 0) is 19.4 Å². The molecule has 0 bridgehead atoms. The molecule has 6 rings (SSSR count). The van der Waals surface area contributed by atoms with E-state index >= 15 is 0 Å². The lowest BCUT2D eigenvalue weighted by Gasteiger charge is -2.32. The molecule has 2 aromatic carbocycles. The molecule has 0 radical (unpaired) electrons. The van der Waals surface area contributed by atoms with Gasteiger partial charge in [-0.15, -0.1) is 0 Å². The molecule has 0 saturated carbocycles. The zero-order valence-corrected chi connectivity index (χ0v) is 19.2. The number of benzene rings is 2. The van der Waals surface area contributed by atoms with Crippen LogP contribution in [0, 0.1) is 5.82 Å². The molecule has 34 heavy (non-hydrogen) atoms. The largest absolute Gasteiger partial charge is 0.496 e. The second-order valence-electron chi connectivity index (χ2n) is 9.11. The molecule has 0 spiro atoms. The number of ether oxygens (including phenoxy) is 1. The van der Waals surface area contributed by atoms with Crippen molar-refractivity contribution in [3.63, 3.8) is 0 Å². The first-order valence-corrected chi connectivity index (χ1v) is 11.9. The van der Waals surface area contributed by atoms with Crippen molar-refractivity contribution in [2.45, 2.75) is 31.8 Å². The fraction of sp³-hybridized carbons (Fsp3) is 0.286. The molecule has 0 unspecified atom stereocenters. The molecule has 4 heterocycles. The van der Waals surface area contributed by atoms with Gasteiger partial charge in [-0.2, -0.15) is 0 Å². The van der Waals surface area contributed by atoms with Crippen molar-refractivity contribution in [2.24, 2.45) is 0 Å². The second-order valence-corrected chi connectivity index (χ2v) is 9.11. The van der Waals surface area contributed by atoms with Crippen LogP contribution in [0.2, 0.25) is 0 Å². The van der Waals surface area contributed by atoms with E-state index < -0.39 is 0 Å². The van der Waals surface area contributed by atoms with Crippen molar-refractivity contribution in [2.75, 3.05) is 20.2 Å². The zero-order chi connectivity index (χ0) is 23.1. The first-order valence-electron chi connectivity index (χ1n) is 11.9. The van der Waals surface area contributed by atoms with Gasteiger partial charge in [0.25, 0.3) is 0 Å². The van der Waals surface area contributed by atoms with E-state index in [2.05, 4.69) is 32.7 Å². The Morgan fingerprint density at radius 1 is 1.00 bits per heavy atom. The molecule has 0 fully saturated rings. The monoisotopic (exact) mass is 454 g/mol. The van der Waals surface area contributed by atoms with Crippen molar-refractivity contribution in [3.05, 3.63) is 89.8 Å². The van der Waals surface area contributed by atoms with Crippen LogP contribution < -0.4 is 4.74 Å². The zero-order valence-electron chi connectivity index (χ0n) is 19.2. The van der Waals surface area contributed by atoms with E-state index in [-0.39, 0.29) is 5.82 Å². The lowest BCUT2D eigenvalue weighted by atomic mass is 9.98. The SMILES string of the molecule is COc1cccc2c1CN(C[C@@H]1CCc3nc(-c4ccc(F)cc4)c(-c4ccncc4)n31)CC2. The van der Waals surface area contributed by atoms with Crippen LogP contribution in [0.5, 0.6) is 5.75 Å². The van der Waals surface area contributed by atoms with Gasteiger partial charge in [0.15, 0.2) is 0 Å². The standard InChI is InChI=1S/C28H27FN4O/c1-34-25-4-2-3-19-13-16-32(18-24(19)25)17-23-9-10-26-31-27(20-5-7-22(29)8-6-20)28(33(23)26)21-11-14-30-15-12-21/h2-8,11-12,14-15,23H,9-10,13,16-18H2,1H3/t23-/m0/s1. The highest BCUT2D eigenvalue weighted by atomic mass is 19.1. The number of halogens is 1. The van der Waals surface area contributed by atoms with Gasteiger partial charge < -0.3 is 9.30 Å². The predicted molar refractivity (Wildman–Crippen MR) is 130 cm³/mol. The van der Waals surface area contributed by atoms with E-state index in [1.807, 2.05) is 36.7 Å². The second kappa shape index (κ2) is 8.69. The summed E-state index contributed by atoms with van der Waals surface area (Å²) in [5.74, 6) is 1.85. The molecule has 6 heteroatoms. The highest BCUT2D eigenvalue weighted by molar-refractivity contribution is 5.79. The Morgan fingerprint density at radius 2 is 1.82 bits per heavy atom. The molecule has 2 aliphatic rings. The van der Waals surface area contributed by atoms with Crippen molar-refractivity contribution in [3.8, 4) is 28.3 Å². The molecule has 2 aliphatic heterocycles. The fourth-order valence-electron chi connectivity index (χ4n) is 5.49. The van der Waals surface area contributed by atoms with Crippen LogP contribution in [0.25, 0.3) is 22.5 Å². The van der Waals surface area contributed by atoms with Crippen LogP contribution in [0.3, 0.4) is 0 Å². The molecular formula is C28H27FN4O. The summed E-state index contributed by atoms with van der Waals surface area (Å²) >= 11 is 0. The van der Waals surface area contributed by atoms with Crippen molar-refractivity contribution in [1.29, 1.82) is 0 Å². The van der Waals surface area contributed by atoms with Crippen LogP contribution in [0.15, 0.2) is 67.0 Å². The van der Waals surface area contributed by atoms with Crippen LogP contribution in [0.4, 0.5) is 4.39 Å². The molecule has 0 amide bonds. The third-order valence-electron chi connectivity index (χ3n) is 7.12. The Morgan fingerprint density at radius 3 is 2.62 bits per heavy atom. The molecule has 172 valence electrons. The van der Waals surface area contributed by atoms with Crippen LogP contribution in [-0.4, -0.2) is 39.6 Å². The Bertz CT molecular complexity index is 1300. The van der Waals surface area contributed by atoms with E-state index in [9.17, 15) is 4.39 Å². The average molecular weight is 455 g/mol.